The first kappa shape index (κ1) is 13.0. The molecule has 0 radical (unpaired) electrons. The van der Waals surface area contributed by atoms with E-state index < -0.39 is 0 Å². The summed E-state index contributed by atoms with van der Waals surface area (Å²) in [4.78, 5) is 2.71. The van der Waals surface area contributed by atoms with Crippen molar-refractivity contribution in [2.45, 2.75) is 77.7 Å². The Morgan fingerprint density at radius 1 is 0.933 bits per heavy atom. The number of likely N-dealkylation sites (tertiary alicyclic amines) is 1. The molecule has 0 saturated carbocycles. The Hall–Kier alpha value is -0.0400. The van der Waals surface area contributed by atoms with Crippen molar-refractivity contribution in [1.29, 1.82) is 0 Å². The molecule has 0 atom stereocenters. The monoisotopic (exact) mass is 211 g/mol. The van der Waals surface area contributed by atoms with Gasteiger partial charge in [-0.1, -0.05) is 39.0 Å². The highest BCUT2D eigenvalue weighted by atomic mass is 15.2. The van der Waals surface area contributed by atoms with Gasteiger partial charge < -0.3 is 0 Å². The number of rotatable bonds is 6. The summed E-state index contributed by atoms with van der Waals surface area (Å²) in [7, 11) is 0. The third-order valence-electron chi connectivity index (χ3n) is 3.85. The number of nitrogens with zero attached hydrogens (tertiary/aromatic N) is 1. The SMILES string of the molecule is CCCCCCC(C)(C)N1CCCCC1. The van der Waals surface area contributed by atoms with Crippen LogP contribution in [0.3, 0.4) is 0 Å². The van der Waals surface area contributed by atoms with E-state index in [1.54, 1.807) is 0 Å². The predicted octanol–water partition coefficient (Wildman–Crippen LogP) is 4.22. The molecule has 15 heavy (non-hydrogen) atoms. The maximum atomic E-state index is 2.71. The van der Waals surface area contributed by atoms with Gasteiger partial charge in [-0.25, -0.2) is 0 Å². The van der Waals surface area contributed by atoms with E-state index in [0.29, 0.717) is 5.54 Å². The van der Waals surface area contributed by atoms with Crippen molar-refractivity contribution in [2.75, 3.05) is 13.1 Å². The van der Waals surface area contributed by atoms with Crippen LogP contribution in [-0.4, -0.2) is 23.5 Å². The topological polar surface area (TPSA) is 3.24 Å². The van der Waals surface area contributed by atoms with Crippen LogP contribution in [-0.2, 0) is 0 Å². The Balaban J connectivity index is 2.23. The Bertz CT molecular complexity index is 157. The maximum absolute atomic E-state index is 2.71. The van der Waals surface area contributed by atoms with E-state index >= 15 is 0 Å². The summed E-state index contributed by atoms with van der Waals surface area (Å²) in [5.41, 5.74) is 0.453. The lowest BCUT2D eigenvalue weighted by Crippen LogP contribution is -2.46. The average molecular weight is 211 g/mol. The summed E-state index contributed by atoms with van der Waals surface area (Å²) in [6, 6.07) is 0. The summed E-state index contributed by atoms with van der Waals surface area (Å²) in [6.07, 6.45) is 11.3. The van der Waals surface area contributed by atoms with Gasteiger partial charge in [-0.2, -0.15) is 0 Å². The normalized spacial score (nSPS) is 19.4. The predicted molar refractivity (Wildman–Crippen MR) is 68.3 cm³/mol. The Morgan fingerprint density at radius 3 is 2.20 bits per heavy atom. The van der Waals surface area contributed by atoms with Crippen molar-refractivity contribution in [3.63, 3.8) is 0 Å². The second-order valence-corrected chi connectivity index (χ2v) is 5.67. The van der Waals surface area contributed by atoms with Crippen LogP contribution in [0.5, 0.6) is 0 Å². The molecule has 0 aromatic rings. The molecule has 0 N–H and O–H groups in total. The molecule has 0 unspecified atom stereocenters. The fourth-order valence-corrected chi connectivity index (χ4v) is 2.64. The summed E-state index contributed by atoms with van der Waals surface area (Å²) < 4.78 is 0. The van der Waals surface area contributed by atoms with Crippen LogP contribution in [0.15, 0.2) is 0 Å². The van der Waals surface area contributed by atoms with E-state index in [-0.39, 0.29) is 0 Å². The first-order chi connectivity index (χ1) is 7.17. The molecule has 0 bridgehead atoms. The number of hydrogen-bond acceptors (Lipinski definition) is 1. The lowest BCUT2D eigenvalue weighted by atomic mass is 9.92. The second kappa shape index (κ2) is 6.52. The molecule has 0 aromatic carbocycles. The lowest BCUT2D eigenvalue weighted by Gasteiger charge is -2.41. The van der Waals surface area contributed by atoms with Crippen LogP contribution in [0, 0.1) is 0 Å². The van der Waals surface area contributed by atoms with Gasteiger partial charge in [-0.15, -0.1) is 0 Å². The van der Waals surface area contributed by atoms with E-state index in [2.05, 4.69) is 25.7 Å². The Kier molecular flexibility index (Phi) is 5.66. The minimum Gasteiger partial charge on any atom is -0.298 e. The molecule has 1 heterocycles. The van der Waals surface area contributed by atoms with Gasteiger partial charge in [0.2, 0.25) is 0 Å². The van der Waals surface area contributed by atoms with Crippen molar-refractivity contribution < 1.29 is 0 Å². The molecule has 1 heteroatoms. The second-order valence-electron chi connectivity index (χ2n) is 5.67. The highest BCUT2D eigenvalue weighted by molar-refractivity contribution is 4.83. The molecular formula is C14H29N. The van der Waals surface area contributed by atoms with E-state index in [4.69, 9.17) is 0 Å². The number of unbranched alkanes of at least 4 members (excludes halogenated alkanes) is 3. The van der Waals surface area contributed by atoms with Crippen LogP contribution in [0.1, 0.15) is 72.1 Å². The van der Waals surface area contributed by atoms with Gasteiger partial charge in [0, 0.05) is 5.54 Å². The maximum Gasteiger partial charge on any atom is 0.0153 e. The Morgan fingerprint density at radius 2 is 1.60 bits per heavy atom. The summed E-state index contributed by atoms with van der Waals surface area (Å²) >= 11 is 0. The number of piperidine rings is 1. The van der Waals surface area contributed by atoms with Gasteiger partial charge in [-0.05, 0) is 46.2 Å². The molecule has 1 fully saturated rings. The minimum atomic E-state index is 0.453. The van der Waals surface area contributed by atoms with E-state index in [9.17, 15) is 0 Å². The summed E-state index contributed by atoms with van der Waals surface area (Å²) in [6.45, 7) is 9.83. The Labute approximate surface area is 96.2 Å². The zero-order chi connectivity index (χ0) is 11.1. The molecule has 1 aliphatic heterocycles. The van der Waals surface area contributed by atoms with Gasteiger partial charge in [-0.3, -0.25) is 4.90 Å². The molecule has 1 aliphatic rings. The van der Waals surface area contributed by atoms with Crippen molar-refractivity contribution in [2.24, 2.45) is 0 Å². The van der Waals surface area contributed by atoms with Crippen molar-refractivity contribution in [3.8, 4) is 0 Å². The molecule has 90 valence electrons. The van der Waals surface area contributed by atoms with E-state index in [1.807, 2.05) is 0 Å². The molecule has 1 saturated heterocycles. The third-order valence-corrected chi connectivity index (χ3v) is 3.85. The fraction of sp³-hybridized carbons (Fsp3) is 1.00. The smallest absolute Gasteiger partial charge is 0.0153 e. The molecule has 0 aromatic heterocycles. The van der Waals surface area contributed by atoms with Crippen molar-refractivity contribution in [1.82, 2.24) is 4.90 Å². The number of hydrogen-bond donors (Lipinski definition) is 0. The molecule has 0 spiro atoms. The molecule has 1 rings (SSSR count). The minimum absolute atomic E-state index is 0.453. The van der Waals surface area contributed by atoms with Crippen LogP contribution < -0.4 is 0 Å². The van der Waals surface area contributed by atoms with Gasteiger partial charge in [0.15, 0.2) is 0 Å². The van der Waals surface area contributed by atoms with Crippen molar-refractivity contribution >= 4 is 0 Å². The van der Waals surface area contributed by atoms with E-state index in [0.717, 1.165) is 0 Å². The first-order valence-electron chi connectivity index (χ1n) is 6.92. The average Bonchev–Trinajstić information content (AvgIpc) is 2.26. The first-order valence-corrected chi connectivity index (χ1v) is 6.92. The van der Waals surface area contributed by atoms with Crippen LogP contribution in [0.4, 0.5) is 0 Å². The van der Waals surface area contributed by atoms with Crippen molar-refractivity contribution in [3.05, 3.63) is 0 Å². The van der Waals surface area contributed by atoms with Crippen LogP contribution >= 0.6 is 0 Å². The van der Waals surface area contributed by atoms with Gasteiger partial charge in [0.05, 0.1) is 0 Å². The van der Waals surface area contributed by atoms with Gasteiger partial charge >= 0.3 is 0 Å². The van der Waals surface area contributed by atoms with Crippen LogP contribution in [0.2, 0.25) is 0 Å². The van der Waals surface area contributed by atoms with Crippen LogP contribution in [0.25, 0.3) is 0 Å². The summed E-state index contributed by atoms with van der Waals surface area (Å²) in [5.74, 6) is 0. The van der Waals surface area contributed by atoms with E-state index in [1.165, 1.54) is 64.5 Å². The highest BCUT2D eigenvalue weighted by Crippen LogP contribution is 2.25. The zero-order valence-electron chi connectivity index (χ0n) is 11.0. The zero-order valence-corrected chi connectivity index (χ0v) is 11.0. The molecular weight excluding hydrogens is 182 g/mol. The molecule has 1 nitrogen and oxygen atoms in total. The van der Waals surface area contributed by atoms with Gasteiger partial charge in [0.25, 0.3) is 0 Å². The summed E-state index contributed by atoms with van der Waals surface area (Å²) in [5, 5.41) is 0. The highest BCUT2D eigenvalue weighted by Gasteiger charge is 2.26. The standard InChI is InChI=1S/C14H29N/c1-4-5-6-8-11-14(2,3)15-12-9-7-10-13-15/h4-13H2,1-3H3. The largest absolute Gasteiger partial charge is 0.298 e. The molecule has 0 aliphatic carbocycles. The fourth-order valence-electron chi connectivity index (χ4n) is 2.64. The quantitative estimate of drug-likeness (QED) is 0.595. The molecule has 0 amide bonds. The third kappa shape index (κ3) is 4.55. The van der Waals surface area contributed by atoms with Gasteiger partial charge in [0.1, 0.15) is 0 Å². The lowest BCUT2D eigenvalue weighted by molar-refractivity contribution is 0.0856.